The van der Waals surface area contributed by atoms with E-state index in [0.29, 0.717) is 48.3 Å². The molecule has 1 aliphatic heterocycles. The van der Waals surface area contributed by atoms with Crippen LogP contribution in [-0.4, -0.2) is 34.7 Å². The molecule has 2 fully saturated rings. The second-order valence-corrected chi connectivity index (χ2v) is 11.3. The van der Waals surface area contributed by atoms with Crippen molar-refractivity contribution in [2.24, 2.45) is 16.6 Å². The summed E-state index contributed by atoms with van der Waals surface area (Å²) in [6.45, 7) is 3.53. The molecule has 7 nitrogen and oxygen atoms in total. The predicted molar refractivity (Wildman–Crippen MR) is 144 cm³/mol. The van der Waals surface area contributed by atoms with Crippen molar-refractivity contribution < 1.29 is 27.2 Å². The zero-order valence-corrected chi connectivity index (χ0v) is 22.7. The number of alkyl halides is 3. The molecular weight excluding hydrogens is 521 g/mol. The van der Waals surface area contributed by atoms with Gasteiger partial charge in [-0.25, -0.2) is 9.97 Å². The number of nitrogens with zero attached hydrogens (tertiary/aromatic N) is 2. The minimum atomic E-state index is -4.52. The molecule has 0 radical (unpaired) electrons. The molecule has 1 amide bonds. The van der Waals surface area contributed by atoms with Gasteiger partial charge in [0, 0.05) is 23.8 Å². The van der Waals surface area contributed by atoms with Gasteiger partial charge in [0.25, 0.3) is 0 Å². The Labute approximate surface area is 231 Å². The minimum Gasteiger partial charge on any atom is -0.440 e. The van der Waals surface area contributed by atoms with E-state index in [1.807, 2.05) is 6.92 Å². The van der Waals surface area contributed by atoms with E-state index in [1.54, 1.807) is 18.3 Å². The van der Waals surface area contributed by atoms with Gasteiger partial charge in [-0.3, -0.25) is 9.59 Å². The summed E-state index contributed by atoms with van der Waals surface area (Å²) in [5.41, 5.74) is 5.16. The number of hydrogen-bond acceptors (Lipinski definition) is 6. The highest BCUT2D eigenvalue weighted by Gasteiger charge is 2.74. The second-order valence-electron chi connectivity index (χ2n) is 11.3. The minimum absolute atomic E-state index is 0.174. The number of unbranched alkanes of at least 4 members (excludes halogenated alkanes) is 2. The van der Waals surface area contributed by atoms with Gasteiger partial charge >= 0.3 is 6.18 Å². The average molecular weight is 557 g/mol. The molecule has 5 rings (SSSR count). The highest BCUT2D eigenvalue weighted by molar-refractivity contribution is 5.87. The number of aromatic nitrogens is 2. The first kappa shape index (κ1) is 28.3. The van der Waals surface area contributed by atoms with E-state index in [4.69, 9.17) is 10.2 Å². The third kappa shape index (κ3) is 5.25. The SMILES string of the molecule is CCC(=O)CCCCC[C@H](c1ncc(-c2ccc3nc(C(F)(F)F)ccc3c2)o1)C1(C(N)=O)CC12CCNCC2. The molecule has 3 heterocycles. The molecule has 1 saturated carbocycles. The summed E-state index contributed by atoms with van der Waals surface area (Å²) < 4.78 is 45.5. The number of carbonyl (C=O) groups is 2. The van der Waals surface area contributed by atoms with Crippen molar-refractivity contribution in [1.29, 1.82) is 0 Å². The van der Waals surface area contributed by atoms with Crippen molar-refractivity contribution in [2.45, 2.75) is 76.8 Å². The average Bonchev–Trinajstić information content (AvgIpc) is 3.31. The molecule has 2 aromatic heterocycles. The normalized spacial score (nSPS) is 21.0. The lowest BCUT2D eigenvalue weighted by molar-refractivity contribution is -0.141. The van der Waals surface area contributed by atoms with Gasteiger partial charge in [-0.1, -0.05) is 25.8 Å². The number of oxazole rings is 1. The molecule has 1 saturated heterocycles. The van der Waals surface area contributed by atoms with Gasteiger partial charge in [0.05, 0.1) is 23.0 Å². The molecule has 1 unspecified atom stereocenters. The molecule has 1 spiro atoms. The monoisotopic (exact) mass is 556 g/mol. The molecule has 0 bridgehead atoms. The van der Waals surface area contributed by atoms with Gasteiger partial charge in [-0.05, 0) is 74.9 Å². The Morgan fingerprint density at radius 2 is 1.90 bits per heavy atom. The molecular formula is C30H35F3N4O3. The second kappa shape index (κ2) is 11.0. The molecule has 40 heavy (non-hydrogen) atoms. The Hall–Kier alpha value is -3.27. The van der Waals surface area contributed by atoms with Crippen molar-refractivity contribution in [3.8, 4) is 11.3 Å². The lowest BCUT2D eigenvalue weighted by atomic mass is 9.74. The van der Waals surface area contributed by atoms with E-state index in [0.717, 1.165) is 51.3 Å². The van der Waals surface area contributed by atoms with Crippen LogP contribution in [0.15, 0.2) is 40.9 Å². The highest BCUT2D eigenvalue weighted by atomic mass is 19.4. The fourth-order valence-corrected chi connectivity index (χ4v) is 6.65. The summed E-state index contributed by atoms with van der Waals surface area (Å²) in [6.07, 6.45) is 3.76. The number of piperidine rings is 1. The van der Waals surface area contributed by atoms with Gasteiger partial charge in [0.1, 0.15) is 11.5 Å². The number of nitrogens with two attached hydrogens (primary N) is 1. The Bertz CT molecular complexity index is 1400. The summed E-state index contributed by atoms with van der Waals surface area (Å²) in [6, 6.07) is 7.28. The number of pyridine rings is 1. The van der Waals surface area contributed by atoms with E-state index in [1.165, 1.54) is 12.1 Å². The third-order valence-corrected chi connectivity index (χ3v) is 8.96. The topological polar surface area (TPSA) is 111 Å². The van der Waals surface area contributed by atoms with Crippen LogP contribution in [0.3, 0.4) is 0 Å². The Morgan fingerprint density at radius 1 is 1.12 bits per heavy atom. The molecule has 10 heteroatoms. The van der Waals surface area contributed by atoms with Gasteiger partial charge in [-0.2, -0.15) is 13.2 Å². The maximum atomic E-state index is 13.1. The summed E-state index contributed by atoms with van der Waals surface area (Å²) in [4.78, 5) is 33.2. The first-order chi connectivity index (χ1) is 19.1. The summed E-state index contributed by atoms with van der Waals surface area (Å²) in [5.74, 6) is 0.556. The summed E-state index contributed by atoms with van der Waals surface area (Å²) in [5, 5.41) is 3.92. The molecule has 214 valence electrons. The van der Waals surface area contributed by atoms with E-state index < -0.39 is 17.3 Å². The van der Waals surface area contributed by atoms with E-state index in [-0.39, 0.29) is 28.5 Å². The van der Waals surface area contributed by atoms with E-state index in [9.17, 15) is 22.8 Å². The molecule has 1 aromatic carbocycles. The van der Waals surface area contributed by atoms with Crippen LogP contribution in [0.1, 0.15) is 82.2 Å². The number of ketones is 1. The quantitative estimate of drug-likeness (QED) is 0.274. The van der Waals surface area contributed by atoms with Crippen LogP contribution in [-0.2, 0) is 15.8 Å². The van der Waals surface area contributed by atoms with Gasteiger partial charge < -0.3 is 15.5 Å². The van der Waals surface area contributed by atoms with Crippen molar-refractivity contribution in [1.82, 2.24) is 15.3 Å². The number of primary amides is 1. The van der Waals surface area contributed by atoms with Crippen LogP contribution in [0.4, 0.5) is 13.2 Å². The number of nitrogens with one attached hydrogen (secondary N) is 1. The van der Waals surface area contributed by atoms with Crippen LogP contribution >= 0.6 is 0 Å². The van der Waals surface area contributed by atoms with Gasteiger partial charge in [0.2, 0.25) is 5.91 Å². The molecule has 2 aliphatic rings. The number of rotatable bonds is 11. The lowest BCUT2D eigenvalue weighted by Crippen LogP contribution is -2.40. The van der Waals surface area contributed by atoms with Crippen molar-refractivity contribution in [3.63, 3.8) is 0 Å². The largest absolute Gasteiger partial charge is 0.440 e. The third-order valence-electron chi connectivity index (χ3n) is 8.96. The van der Waals surface area contributed by atoms with Crippen LogP contribution in [0.2, 0.25) is 0 Å². The fraction of sp³-hybridized carbons (Fsp3) is 0.533. The number of amides is 1. The maximum absolute atomic E-state index is 13.1. The molecule has 3 aromatic rings. The van der Waals surface area contributed by atoms with Crippen molar-refractivity contribution >= 4 is 22.6 Å². The smallest absolute Gasteiger partial charge is 0.433 e. The highest BCUT2D eigenvalue weighted by Crippen LogP contribution is 2.74. The first-order valence-corrected chi connectivity index (χ1v) is 14.1. The number of hydrogen-bond donors (Lipinski definition) is 2. The predicted octanol–water partition coefficient (Wildman–Crippen LogP) is 6.17. The Balaban J connectivity index is 1.42. The van der Waals surface area contributed by atoms with Crippen LogP contribution in [0, 0.1) is 10.8 Å². The summed E-state index contributed by atoms with van der Waals surface area (Å²) in [7, 11) is 0. The number of benzene rings is 1. The number of carbonyl (C=O) groups excluding carboxylic acids is 2. The first-order valence-electron chi connectivity index (χ1n) is 14.1. The Morgan fingerprint density at radius 3 is 2.60 bits per heavy atom. The van der Waals surface area contributed by atoms with Crippen molar-refractivity contribution in [3.05, 3.63) is 48.1 Å². The zero-order valence-electron chi connectivity index (χ0n) is 22.7. The Kier molecular flexibility index (Phi) is 7.74. The van der Waals surface area contributed by atoms with E-state index >= 15 is 0 Å². The standard InChI is InChI=1S/C30H35F3N4O3/c1-2-21(38)6-4-3-5-7-22(29(27(34)39)18-28(29)12-14-35-15-13-28)26-36-17-24(40-26)20-8-10-23-19(16-20)9-11-25(37-23)30(31,32)33/h8-11,16-17,22,35H,2-7,12-15,18H2,1H3,(H2,34,39)/t22-,29?/m1/s1. The van der Waals surface area contributed by atoms with Crippen LogP contribution in [0.25, 0.3) is 22.2 Å². The summed E-state index contributed by atoms with van der Waals surface area (Å²) >= 11 is 0. The van der Waals surface area contributed by atoms with Crippen LogP contribution in [0.5, 0.6) is 0 Å². The number of halogens is 3. The van der Waals surface area contributed by atoms with Gasteiger partial charge in [0.15, 0.2) is 11.7 Å². The van der Waals surface area contributed by atoms with E-state index in [2.05, 4.69) is 15.3 Å². The van der Waals surface area contributed by atoms with Gasteiger partial charge in [-0.15, -0.1) is 0 Å². The lowest BCUT2D eigenvalue weighted by Gasteiger charge is -2.32. The number of Topliss-reactive ketones (excluding diaryl/α,β-unsaturated/α-hetero) is 1. The van der Waals surface area contributed by atoms with Crippen LogP contribution < -0.4 is 11.1 Å². The molecule has 1 aliphatic carbocycles. The zero-order chi connectivity index (χ0) is 28.5. The van der Waals surface area contributed by atoms with Crippen molar-refractivity contribution in [2.75, 3.05) is 13.1 Å². The molecule has 2 atom stereocenters. The maximum Gasteiger partial charge on any atom is 0.433 e. The molecule has 3 N–H and O–H groups in total. The fourth-order valence-electron chi connectivity index (χ4n) is 6.65. The number of fused-ring (bicyclic) bond motifs is 1.